The highest BCUT2D eigenvalue weighted by molar-refractivity contribution is 5.95. The van der Waals surface area contributed by atoms with Gasteiger partial charge < -0.3 is 15.0 Å². The second-order valence-electron chi connectivity index (χ2n) is 7.39. The minimum absolute atomic E-state index is 0.0546. The van der Waals surface area contributed by atoms with Gasteiger partial charge in [-0.1, -0.05) is 18.9 Å². The van der Waals surface area contributed by atoms with E-state index in [-0.39, 0.29) is 11.8 Å². The average molecular weight is 376 g/mol. The normalized spacial score (nSPS) is 14.3. The molecule has 0 atom stereocenters. The number of nitrogens with zero attached hydrogens (tertiary/aromatic N) is 2. The van der Waals surface area contributed by atoms with E-state index < -0.39 is 0 Å². The van der Waals surface area contributed by atoms with E-state index in [0.717, 1.165) is 29.7 Å². The summed E-state index contributed by atoms with van der Waals surface area (Å²) in [5.74, 6) is 0.431. The summed E-state index contributed by atoms with van der Waals surface area (Å²) in [6.07, 6.45) is 10.9. The van der Waals surface area contributed by atoms with Crippen molar-refractivity contribution in [1.29, 1.82) is 0 Å². The monoisotopic (exact) mass is 376 g/mol. The van der Waals surface area contributed by atoms with Gasteiger partial charge in [0.15, 0.2) is 0 Å². The van der Waals surface area contributed by atoms with Gasteiger partial charge in [-0.2, -0.15) is 0 Å². The predicted octanol–water partition coefficient (Wildman–Crippen LogP) is 3.78. The Bertz CT molecular complexity index is 972. The van der Waals surface area contributed by atoms with Crippen molar-refractivity contribution in [3.8, 4) is 0 Å². The fraction of sp³-hybridized carbons (Fsp3) is 0.318. The van der Waals surface area contributed by atoms with E-state index in [9.17, 15) is 9.59 Å². The lowest BCUT2D eigenvalue weighted by molar-refractivity contribution is -0.117. The molecule has 1 aliphatic rings. The maximum atomic E-state index is 12.4. The number of hydrogen-bond acceptors (Lipinski definition) is 3. The Balaban J connectivity index is 1.29. The van der Waals surface area contributed by atoms with Gasteiger partial charge >= 0.3 is 0 Å². The number of carbonyl (C=O) groups excluding carboxylic acids is 2. The molecule has 0 aliphatic heterocycles. The van der Waals surface area contributed by atoms with Crippen molar-refractivity contribution >= 4 is 23.1 Å². The largest absolute Gasteiger partial charge is 0.348 e. The van der Waals surface area contributed by atoms with Crippen molar-refractivity contribution in [2.24, 2.45) is 5.92 Å². The molecular weight excluding hydrogens is 352 g/mol. The van der Waals surface area contributed by atoms with Gasteiger partial charge in [0.05, 0.1) is 0 Å². The lowest BCUT2D eigenvalue weighted by Gasteiger charge is -2.10. The van der Waals surface area contributed by atoms with Crippen LogP contribution in [0.15, 0.2) is 55.0 Å². The summed E-state index contributed by atoms with van der Waals surface area (Å²) in [5, 5.41) is 5.85. The molecule has 6 nitrogen and oxygen atoms in total. The van der Waals surface area contributed by atoms with Gasteiger partial charge in [0, 0.05) is 42.8 Å². The Morgan fingerprint density at radius 3 is 2.64 bits per heavy atom. The van der Waals surface area contributed by atoms with Crippen molar-refractivity contribution in [3.05, 3.63) is 66.1 Å². The van der Waals surface area contributed by atoms with E-state index in [4.69, 9.17) is 0 Å². The molecule has 1 saturated carbocycles. The molecule has 0 saturated heterocycles. The lowest BCUT2D eigenvalue weighted by atomic mass is 10.0. The molecule has 1 aromatic carbocycles. The molecule has 0 radical (unpaired) electrons. The summed E-state index contributed by atoms with van der Waals surface area (Å²) in [4.78, 5) is 28.7. The van der Waals surface area contributed by atoms with Gasteiger partial charge in [-0.15, -0.1) is 0 Å². The highest BCUT2D eigenvalue weighted by Crippen LogP contribution is 2.27. The number of fused-ring (bicyclic) bond motifs is 1. The van der Waals surface area contributed by atoms with Crippen molar-refractivity contribution in [2.75, 3.05) is 5.32 Å². The molecule has 144 valence electrons. The van der Waals surface area contributed by atoms with Crippen molar-refractivity contribution in [3.63, 3.8) is 0 Å². The molecule has 2 N–H and O–H groups in total. The van der Waals surface area contributed by atoms with Crippen molar-refractivity contribution < 1.29 is 9.59 Å². The summed E-state index contributed by atoms with van der Waals surface area (Å²) in [6, 6.07) is 10.9. The zero-order valence-corrected chi connectivity index (χ0v) is 15.7. The molecule has 28 heavy (non-hydrogen) atoms. The predicted molar refractivity (Wildman–Crippen MR) is 108 cm³/mol. The summed E-state index contributed by atoms with van der Waals surface area (Å²) in [7, 11) is 0. The van der Waals surface area contributed by atoms with Gasteiger partial charge in [0.1, 0.15) is 5.65 Å². The number of hydrogen-bond donors (Lipinski definition) is 2. The van der Waals surface area contributed by atoms with Gasteiger partial charge in [0.2, 0.25) is 5.91 Å². The van der Waals surface area contributed by atoms with Crippen LogP contribution in [0.1, 0.15) is 48.0 Å². The Morgan fingerprint density at radius 2 is 1.86 bits per heavy atom. The second kappa shape index (κ2) is 8.25. The first kappa shape index (κ1) is 18.2. The van der Waals surface area contributed by atoms with Crippen LogP contribution in [0.3, 0.4) is 0 Å². The minimum atomic E-state index is -0.144. The number of aromatic nitrogens is 2. The number of imidazole rings is 1. The summed E-state index contributed by atoms with van der Waals surface area (Å²) in [6.45, 7) is 0.437. The molecule has 4 rings (SSSR count). The number of anilines is 1. The Labute approximate surface area is 164 Å². The van der Waals surface area contributed by atoms with E-state index in [0.29, 0.717) is 24.4 Å². The van der Waals surface area contributed by atoms with Crippen LogP contribution in [-0.4, -0.2) is 21.2 Å². The Kier molecular flexibility index (Phi) is 5.37. The molecule has 3 aromatic rings. The number of rotatable bonds is 6. The molecule has 1 fully saturated rings. The SMILES string of the molecule is O=C(CC1CCCC1)Nc1ccc(C(=O)NCc2ccc3nccn3c2)cc1. The maximum absolute atomic E-state index is 12.4. The first-order chi connectivity index (χ1) is 13.7. The first-order valence-electron chi connectivity index (χ1n) is 9.77. The zero-order chi connectivity index (χ0) is 19.3. The molecule has 2 heterocycles. The molecule has 0 spiro atoms. The molecule has 0 unspecified atom stereocenters. The topological polar surface area (TPSA) is 75.5 Å². The maximum Gasteiger partial charge on any atom is 0.251 e. The Morgan fingerprint density at radius 1 is 1.07 bits per heavy atom. The quantitative estimate of drug-likeness (QED) is 0.687. The number of nitrogens with one attached hydrogen (secondary N) is 2. The summed E-state index contributed by atoms with van der Waals surface area (Å²) in [5.41, 5.74) is 3.16. The zero-order valence-electron chi connectivity index (χ0n) is 15.7. The number of carbonyl (C=O) groups is 2. The van der Waals surface area contributed by atoms with Gasteiger partial charge in [-0.25, -0.2) is 4.98 Å². The lowest BCUT2D eigenvalue weighted by Crippen LogP contribution is -2.23. The van der Waals surface area contributed by atoms with Gasteiger partial charge in [0.25, 0.3) is 5.91 Å². The van der Waals surface area contributed by atoms with Crippen LogP contribution in [0.4, 0.5) is 5.69 Å². The standard InChI is InChI=1S/C22H24N4O2/c27-21(13-16-3-1-2-4-16)25-19-8-6-18(7-9-19)22(28)24-14-17-5-10-20-23-11-12-26(20)15-17/h5-12,15-16H,1-4,13-14H2,(H,24,28)(H,25,27). The molecular formula is C22H24N4O2. The van der Waals surface area contributed by atoms with E-state index in [2.05, 4.69) is 15.6 Å². The Hall–Kier alpha value is -3.15. The van der Waals surface area contributed by atoms with E-state index in [1.54, 1.807) is 30.5 Å². The third-order valence-electron chi connectivity index (χ3n) is 5.28. The van der Waals surface area contributed by atoms with Crippen molar-refractivity contribution in [2.45, 2.75) is 38.6 Å². The number of benzene rings is 1. The third-order valence-corrected chi connectivity index (χ3v) is 5.28. The third kappa shape index (κ3) is 4.39. The van der Waals surface area contributed by atoms with E-state index in [1.807, 2.05) is 28.9 Å². The second-order valence-corrected chi connectivity index (χ2v) is 7.39. The molecule has 2 aromatic heterocycles. The van der Waals surface area contributed by atoms with Crippen LogP contribution in [0, 0.1) is 5.92 Å². The van der Waals surface area contributed by atoms with Crippen LogP contribution >= 0.6 is 0 Å². The van der Waals surface area contributed by atoms with Crippen LogP contribution in [0.5, 0.6) is 0 Å². The fourth-order valence-electron chi connectivity index (χ4n) is 3.75. The van der Waals surface area contributed by atoms with Crippen LogP contribution < -0.4 is 10.6 Å². The van der Waals surface area contributed by atoms with Crippen molar-refractivity contribution in [1.82, 2.24) is 14.7 Å². The number of pyridine rings is 1. The molecule has 6 heteroatoms. The number of amides is 2. The molecule has 1 aliphatic carbocycles. The van der Waals surface area contributed by atoms with E-state index in [1.165, 1.54) is 12.8 Å². The van der Waals surface area contributed by atoms with Gasteiger partial charge in [-0.3, -0.25) is 9.59 Å². The van der Waals surface area contributed by atoms with Crippen LogP contribution in [-0.2, 0) is 11.3 Å². The van der Waals surface area contributed by atoms with Crippen LogP contribution in [0.25, 0.3) is 5.65 Å². The highest BCUT2D eigenvalue weighted by Gasteiger charge is 2.18. The van der Waals surface area contributed by atoms with Gasteiger partial charge in [-0.05, 0) is 54.7 Å². The van der Waals surface area contributed by atoms with E-state index >= 15 is 0 Å². The highest BCUT2D eigenvalue weighted by atomic mass is 16.2. The molecule has 2 amide bonds. The summed E-state index contributed by atoms with van der Waals surface area (Å²) >= 11 is 0. The van der Waals surface area contributed by atoms with Crippen LogP contribution in [0.2, 0.25) is 0 Å². The average Bonchev–Trinajstić information content (AvgIpc) is 3.38. The first-order valence-corrected chi connectivity index (χ1v) is 9.77. The fourth-order valence-corrected chi connectivity index (χ4v) is 3.75. The smallest absolute Gasteiger partial charge is 0.251 e. The minimum Gasteiger partial charge on any atom is -0.348 e. The summed E-state index contributed by atoms with van der Waals surface area (Å²) < 4.78 is 1.92. The molecule has 0 bridgehead atoms.